The van der Waals surface area contributed by atoms with Crippen LogP contribution in [0.2, 0.25) is 0 Å². The van der Waals surface area contributed by atoms with Crippen LogP contribution in [0.1, 0.15) is 11.1 Å². The molecular formula is C13H10FIO3S. The van der Waals surface area contributed by atoms with Gasteiger partial charge in [0.2, 0.25) is 0 Å². The Morgan fingerprint density at radius 3 is 2.32 bits per heavy atom. The highest BCUT2D eigenvalue weighted by Gasteiger charge is 2.09. The molecule has 0 aliphatic heterocycles. The summed E-state index contributed by atoms with van der Waals surface area (Å²) in [5.74, 6) is -0.0334. The lowest BCUT2D eigenvalue weighted by Gasteiger charge is -2.04. The summed E-state index contributed by atoms with van der Waals surface area (Å²) in [4.78, 5) is 0. The quantitative estimate of drug-likeness (QED) is 0.591. The largest absolute Gasteiger partial charge is 0.488 e. The molecule has 6 heteroatoms. The normalized spacial score (nSPS) is 11.3. The summed E-state index contributed by atoms with van der Waals surface area (Å²) in [6.07, 6.45) is 0.722. The lowest BCUT2D eigenvalue weighted by molar-refractivity contribution is 0.440. The lowest BCUT2D eigenvalue weighted by atomic mass is 10.1. The summed E-state index contributed by atoms with van der Waals surface area (Å²) < 4.78 is 38.2. The highest BCUT2D eigenvalue weighted by molar-refractivity contribution is 14.1. The van der Waals surface area contributed by atoms with Crippen LogP contribution < -0.4 is 4.18 Å². The van der Waals surface area contributed by atoms with Gasteiger partial charge in [-0.1, -0.05) is 28.2 Å². The number of hydrogen-bond acceptors (Lipinski definition) is 3. The molecule has 100 valence electrons. The van der Waals surface area contributed by atoms with Gasteiger partial charge in [-0.2, -0.15) is 8.42 Å². The minimum Gasteiger partial charge on any atom is -0.358 e. The molecule has 0 saturated heterocycles. The minimum atomic E-state index is -4.96. The molecule has 0 spiro atoms. The van der Waals surface area contributed by atoms with Crippen LogP contribution in [-0.4, -0.2) is 8.42 Å². The van der Waals surface area contributed by atoms with Crippen molar-refractivity contribution in [3.05, 3.63) is 63.2 Å². The van der Waals surface area contributed by atoms with E-state index in [0.717, 1.165) is 21.1 Å². The molecule has 0 atom stereocenters. The molecule has 0 unspecified atom stereocenters. The average molecular weight is 392 g/mol. The van der Waals surface area contributed by atoms with Gasteiger partial charge in [0, 0.05) is 3.57 Å². The standard InChI is InChI=1S/C13H10FIO3S/c14-19(16,17)18-13-6-4-10(5-7-13)8-11-2-1-3-12(15)9-11/h1-7,9H,8H2. The van der Waals surface area contributed by atoms with Gasteiger partial charge in [0.1, 0.15) is 5.75 Å². The monoisotopic (exact) mass is 392 g/mol. The zero-order valence-corrected chi connectivity index (χ0v) is 12.7. The van der Waals surface area contributed by atoms with Crippen molar-refractivity contribution in [1.29, 1.82) is 0 Å². The molecule has 0 N–H and O–H groups in total. The number of hydrogen-bond donors (Lipinski definition) is 0. The predicted octanol–water partition coefficient (Wildman–Crippen LogP) is 3.48. The molecule has 0 aromatic heterocycles. The van der Waals surface area contributed by atoms with Crippen molar-refractivity contribution < 1.29 is 16.5 Å². The Bertz CT molecular complexity index is 669. The third-order valence-corrected chi connectivity index (χ3v) is 3.48. The van der Waals surface area contributed by atoms with E-state index in [1.54, 1.807) is 12.1 Å². The second kappa shape index (κ2) is 5.87. The van der Waals surface area contributed by atoms with Gasteiger partial charge in [0.15, 0.2) is 0 Å². The Labute approximate surface area is 125 Å². The molecule has 19 heavy (non-hydrogen) atoms. The fraction of sp³-hybridized carbons (Fsp3) is 0.0769. The van der Waals surface area contributed by atoms with E-state index in [1.807, 2.05) is 18.2 Å². The second-order valence-corrected chi connectivity index (χ2v) is 6.13. The summed E-state index contributed by atoms with van der Waals surface area (Å²) in [6.45, 7) is 0. The molecule has 0 aliphatic carbocycles. The molecule has 0 amide bonds. The van der Waals surface area contributed by atoms with E-state index in [4.69, 9.17) is 0 Å². The molecule has 2 rings (SSSR count). The van der Waals surface area contributed by atoms with Gasteiger partial charge in [-0.05, 0) is 64.4 Å². The topological polar surface area (TPSA) is 43.4 Å². The summed E-state index contributed by atoms with van der Waals surface area (Å²) in [5.41, 5.74) is 2.14. The SMILES string of the molecule is O=S(=O)(F)Oc1ccc(Cc2cccc(I)c2)cc1. The van der Waals surface area contributed by atoms with Gasteiger partial charge in [-0.3, -0.25) is 0 Å². The van der Waals surface area contributed by atoms with E-state index in [2.05, 4.69) is 32.8 Å². The smallest absolute Gasteiger partial charge is 0.358 e. The van der Waals surface area contributed by atoms with Crippen LogP contribution in [0.5, 0.6) is 5.75 Å². The van der Waals surface area contributed by atoms with Crippen LogP contribution in [0.3, 0.4) is 0 Å². The highest BCUT2D eigenvalue weighted by atomic mass is 127. The Hall–Kier alpha value is -1.15. The molecule has 0 bridgehead atoms. The van der Waals surface area contributed by atoms with Crippen molar-refractivity contribution in [2.24, 2.45) is 0 Å². The number of rotatable bonds is 4. The fourth-order valence-electron chi connectivity index (χ4n) is 1.66. The Kier molecular flexibility index (Phi) is 4.41. The van der Waals surface area contributed by atoms with Gasteiger partial charge in [0.25, 0.3) is 0 Å². The highest BCUT2D eigenvalue weighted by Crippen LogP contribution is 2.18. The summed E-state index contributed by atoms with van der Waals surface area (Å²) in [6, 6.07) is 14.3. The third kappa shape index (κ3) is 4.79. The molecule has 0 aliphatic rings. The van der Waals surface area contributed by atoms with Crippen molar-refractivity contribution >= 4 is 33.1 Å². The first-order valence-corrected chi connectivity index (χ1v) is 7.78. The van der Waals surface area contributed by atoms with Crippen molar-refractivity contribution in [3.8, 4) is 5.75 Å². The van der Waals surface area contributed by atoms with Gasteiger partial charge in [-0.15, -0.1) is 0 Å². The maximum atomic E-state index is 12.3. The third-order valence-electron chi connectivity index (χ3n) is 2.42. The van der Waals surface area contributed by atoms with Crippen LogP contribution in [0.25, 0.3) is 0 Å². The minimum absolute atomic E-state index is 0.0334. The second-order valence-electron chi connectivity index (χ2n) is 3.93. The molecule has 0 heterocycles. The molecule has 3 nitrogen and oxygen atoms in total. The first-order chi connectivity index (χ1) is 8.92. The molecule has 0 fully saturated rings. The van der Waals surface area contributed by atoms with Crippen LogP contribution in [0.4, 0.5) is 3.89 Å². The van der Waals surface area contributed by atoms with Crippen LogP contribution in [0, 0.1) is 3.57 Å². The maximum absolute atomic E-state index is 12.3. The van der Waals surface area contributed by atoms with E-state index < -0.39 is 10.5 Å². The molecular weight excluding hydrogens is 382 g/mol. The van der Waals surface area contributed by atoms with Crippen LogP contribution in [0.15, 0.2) is 48.5 Å². The predicted molar refractivity (Wildman–Crippen MR) is 79.1 cm³/mol. The van der Waals surface area contributed by atoms with Crippen LogP contribution in [-0.2, 0) is 16.9 Å². The van der Waals surface area contributed by atoms with Gasteiger partial charge < -0.3 is 4.18 Å². The van der Waals surface area contributed by atoms with Gasteiger partial charge >= 0.3 is 10.5 Å². The zero-order valence-electron chi connectivity index (χ0n) is 9.71. The summed E-state index contributed by atoms with van der Waals surface area (Å²) >= 11 is 2.24. The number of halogens is 2. The summed E-state index contributed by atoms with van der Waals surface area (Å²) in [7, 11) is -4.96. The van der Waals surface area contributed by atoms with E-state index in [0.29, 0.717) is 0 Å². The van der Waals surface area contributed by atoms with Crippen molar-refractivity contribution in [2.45, 2.75) is 6.42 Å². The Morgan fingerprint density at radius 1 is 1.05 bits per heavy atom. The Morgan fingerprint density at radius 2 is 1.74 bits per heavy atom. The van der Waals surface area contributed by atoms with Crippen molar-refractivity contribution in [2.75, 3.05) is 0 Å². The first-order valence-electron chi connectivity index (χ1n) is 5.40. The maximum Gasteiger partial charge on any atom is 0.488 e. The molecule has 0 saturated carbocycles. The van der Waals surface area contributed by atoms with E-state index in [-0.39, 0.29) is 5.75 Å². The first kappa shape index (κ1) is 14.3. The zero-order chi connectivity index (χ0) is 13.9. The fourth-order valence-corrected chi connectivity index (χ4v) is 2.61. The lowest BCUT2D eigenvalue weighted by Crippen LogP contribution is -2.01. The average Bonchev–Trinajstić information content (AvgIpc) is 2.30. The van der Waals surface area contributed by atoms with Crippen LogP contribution >= 0.6 is 22.6 Å². The molecule has 0 radical (unpaired) electrons. The van der Waals surface area contributed by atoms with Gasteiger partial charge in [0.05, 0.1) is 0 Å². The summed E-state index contributed by atoms with van der Waals surface area (Å²) in [5, 5.41) is 0. The van der Waals surface area contributed by atoms with Crippen molar-refractivity contribution in [1.82, 2.24) is 0 Å². The van der Waals surface area contributed by atoms with E-state index in [1.165, 1.54) is 12.1 Å². The molecule has 2 aromatic rings. The van der Waals surface area contributed by atoms with E-state index >= 15 is 0 Å². The van der Waals surface area contributed by atoms with Gasteiger partial charge in [-0.25, -0.2) is 0 Å². The van der Waals surface area contributed by atoms with E-state index in [9.17, 15) is 12.3 Å². The molecule has 2 aromatic carbocycles. The Balaban J connectivity index is 2.11. The number of benzene rings is 2. The van der Waals surface area contributed by atoms with Crippen molar-refractivity contribution in [3.63, 3.8) is 0 Å².